The topological polar surface area (TPSA) is 88.4 Å². The summed E-state index contributed by atoms with van der Waals surface area (Å²) >= 11 is 0. The maximum atomic E-state index is 11.2. The van der Waals surface area contributed by atoms with Crippen LogP contribution in [0.2, 0.25) is 0 Å². The minimum absolute atomic E-state index is 0.0644. The first-order valence-electron chi connectivity index (χ1n) is 7.38. The fourth-order valence-corrected chi connectivity index (χ4v) is 2.01. The SMILES string of the molecule is [2H]C([2H])(c1c[nH]c2cccc(OS(N)(=O)=O)c12)C([2H])([2H])N(C)C. The summed E-state index contributed by atoms with van der Waals surface area (Å²) in [5, 5.41) is 5.01. The van der Waals surface area contributed by atoms with Gasteiger partial charge in [-0.15, -0.1) is 0 Å². The van der Waals surface area contributed by atoms with Gasteiger partial charge in [0.1, 0.15) is 0 Å². The second-order valence-corrected chi connectivity index (χ2v) is 5.24. The molecule has 2 rings (SSSR count). The number of nitrogens with one attached hydrogen (secondary N) is 1. The van der Waals surface area contributed by atoms with Gasteiger partial charge < -0.3 is 14.1 Å². The first-order valence-corrected chi connectivity index (χ1v) is 6.85. The monoisotopic (exact) mass is 287 g/mol. The predicted molar refractivity (Wildman–Crippen MR) is 74.3 cm³/mol. The number of aryl methyl sites for hydroxylation is 1. The Bertz CT molecular complexity index is 833. The van der Waals surface area contributed by atoms with Gasteiger partial charge in [-0.05, 0) is 38.2 Å². The Morgan fingerprint density at radius 2 is 2.21 bits per heavy atom. The van der Waals surface area contributed by atoms with E-state index in [-0.39, 0.29) is 16.7 Å². The van der Waals surface area contributed by atoms with Gasteiger partial charge in [0.05, 0.1) is 0 Å². The Morgan fingerprint density at radius 1 is 1.47 bits per heavy atom. The Morgan fingerprint density at radius 3 is 2.84 bits per heavy atom. The average Bonchev–Trinajstić information content (AvgIpc) is 2.82. The van der Waals surface area contributed by atoms with Crippen molar-refractivity contribution in [2.75, 3.05) is 20.6 Å². The van der Waals surface area contributed by atoms with Crippen LogP contribution in [0.5, 0.6) is 5.75 Å². The zero-order chi connectivity index (χ0) is 17.6. The first kappa shape index (κ1) is 9.35. The molecule has 1 heterocycles. The molecule has 1 aromatic carbocycles. The number of likely N-dealkylation sites (N-methyl/N-ethyl adjacent to an activating group) is 1. The fourth-order valence-electron chi connectivity index (χ4n) is 1.62. The van der Waals surface area contributed by atoms with Crippen molar-refractivity contribution in [3.05, 3.63) is 30.0 Å². The molecule has 104 valence electrons. The van der Waals surface area contributed by atoms with Crippen LogP contribution >= 0.6 is 0 Å². The molecule has 0 unspecified atom stereocenters. The summed E-state index contributed by atoms with van der Waals surface area (Å²) in [6.07, 6.45) is -1.16. The number of hydrogen-bond donors (Lipinski definition) is 2. The van der Waals surface area contributed by atoms with Gasteiger partial charge >= 0.3 is 10.3 Å². The maximum Gasteiger partial charge on any atom is 0.380 e. The summed E-state index contributed by atoms with van der Waals surface area (Å²) in [5.74, 6) is -0.167. The summed E-state index contributed by atoms with van der Waals surface area (Å²) in [6.45, 7) is -2.35. The van der Waals surface area contributed by atoms with E-state index in [2.05, 4.69) is 4.98 Å². The van der Waals surface area contributed by atoms with E-state index in [1.165, 1.54) is 32.4 Å². The number of benzene rings is 1. The van der Waals surface area contributed by atoms with Gasteiger partial charge in [-0.25, -0.2) is 0 Å². The van der Waals surface area contributed by atoms with Crippen molar-refractivity contribution in [2.24, 2.45) is 5.14 Å². The zero-order valence-electron chi connectivity index (χ0n) is 14.5. The highest BCUT2D eigenvalue weighted by molar-refractivity contribution is 7.84. The van der Waals surface area contributed by atoms with Gasteiger partial charge in [0.15, 0.2) is 5.75 Å². The molecule has 6 nitrogen and oxygen atoms in total. The smallest absolute Gasteiger partial charge is 0.370 e. The number of fused-ring (bicyclic) bond motifs is 1. The Kier molecular flexibility index (Phi) is 2.56. The third-order valence-corrected chi connectivity index (χ3v) is 2.70. The zero-order valence-corrected chi connectivity index (χ0v) is 11.3. The van der Waals surface area contributed by atoms with E-state index in [1.54, 1.807) is 6.07 Å². The lowest BCUT2D eigenvalue weighted by Gasteiger charge is -2.09. The molecule has 1 aromatic heterocycles. The lowest BCUT2D eigenvalue weighted by atomic mass is 10.1. The Labute approximate surface area is 118 Å². The fraction of sp³-hybridized carbons (Fsp3) is 0.333. The van der Waals surface area contributed by atoms with Crippen molar-refractivity contribution in [1.82, 2.24) is 9.88 Å². The molecule has 0 saturated carbocycles. The highest BCUT2D eigenvalue weighted by atomic mass is 32.2. The second-order valence-electron chi connectivity index (χ2n) is 4.09. The van der Waals surface area contributed by atoms with E-state index in [0.29, 0.717) is 5.52 Å². The van der Waals surface area contributed by atoms with Gasteiger partial charge in [-0.1, -0.05) is 6.07 Å². The van der Waals surface area contributed by atoms with Crippen molar-refractivity contribution in [1.29, 1.82) is 0 Å². The van der Waals surface area contributed by atoms with Crippen LogP contribution in [0.25, 0.3) is 10.9 Å². The van der Waals surface area contributed by atoms with Crippen molar-refractivity contribution in [2.45, 2.75) is 6.37 Å². The Balaban J connectivity index is 2.72. The lowest BCUT2D eigenvalue weighted by molar-refractivity contribution is 0.414. The van der Waals surface area contributed by atoms with Gasteiger partial charge in [-0.2, -0.15) is 13.6 Å². The summed E-state index contributed by atoms with van der Waals surface area (Å²) in [5.41, 5.74) is 0.338. The highest BCUT2D eigenvalue weighted by Gasteiger charge is 2.13. The van der Waals surface area contributed by atoms with Crippen LogP contribution in [0.4, 0.5) is 0 Å². The van der Waals surface area contributed by atoms with Crippen LogP contribution in [0, 0.1) is 0 Å². The van der Waals surface area contributed by atoms with E-state index < -0.39 is 23.2 Å². The standard InChI is InChI=1S/C12H17N3O3S/c1-15(2)7-6-9-8-14-10-4-3-5-11(12(9)10)18-19(13,16)17/h3-5,8,14H,6-7H2,1-2H3,(H2,13,16,17)/i6D2,7D2. The molecule has 0 bridgehead atoms. The van der Waals surface area contributed by atoms with E-state index in [9.17, 15) is 8.42 Å². The van der Waals surface area contributed by atoms with E-state index >= 15 is 0 Å². The summed E-state index contributed by atoms with van der Waals surface area (Å²) in [4.78, 5) is 3.90. The molecule has 2 aromatic rings. The summed E-state index contributed by atoms with van der Waals surface area (Å²) in [7, 11) is -1.48. The molecule has 0 aliphatic rings. The van der Waals surface area contributed by atoms with Gasteiger partial charge in [-0.3, -0.25) is 0 Å². The molecule has 0 aliphatic carbocycles. The molecular weight excluding hydrogens is 266 g/mol. The van der Waals surface area contributed by atoms with Crippen LogP contribution in [0.1, 0.15) is 11.0 Å². The number of H-pyrrole nitrogens is 1. The molecule has 0 spiro atoms. The molecule has 0 radical (unpaired) electrons. The molecule has 0 atom stereocenters. The van der Waals surface area contributed by atoms with Gasteiger partial charge in [0.2, 0.25) is 0 Å². The van der Waals surface area contributed by atoms with Crippen LogP contribution in [0.3, 0.4) is 0 Å². The van der Waals surface area contributed by atoms with Gasteiger partial charge in [0.25, 0.3) is 0 Å². The third-order valence-electron chi connectivity index (χ3n) is 2.29. The minimum Gasteiger partial charge on any atom is -0.370 e. The second kappa shape index (κ2) is 5.20. The predicted octanol–water partition coefficient (Wildman–Crippen LogP) is 0.854. The molecule has 0 fully saturated rings. The molecule has 7 heteroatoms. The van der Waals surface area contributed by atoms with Crippen molar-refractivity contribution in [3.63, 3.8) is 0 Å². The number of aromatic amines is 1. The Hall–Kier alpha value is -1.57. The number of rotatable bonds is 5. The van der Waals surface area contributed by atoms with Crippen LogP contribution in [-0.4, -0.2) is 38.9 Å². The number of hydrogen-bond acceptors (Lipinski definition) is 4. The molecule has 0 aliphatic heterocycles. The molecule has 0 amide bonds. The average molecular weight is 287 g/mol. The quantitative estimate of drug-likeness (QED) is 0.853. The first-order chi connectivity index (χ1) is 10.4. The largest absolute Gasteiger partial charge is 0.380 e. The maximum absolute atomic E-state index is 11.2. The highest BCUT2D eigenvalue weighted by Crippen LogP contribution is 2.29. The number of nitrogens with zero attached hydrogens (tertiary/aromatic N) is 1. The van der Waals surface area contributed by atoms with Crippen molar-refractivity contribution in [3.8, 4) is 5.75 Å². The summed E-state index contributed by atoms with van der Waals surface area (Å²) in [6, 6.07) is 4.43. The molecule has 3 N–H and O–H groups in total. The summed E-state index contributed by atoms with van der Waals surface area (Å²) < 4.78 is 59.6. The van der Waals surface area contributed by atoms with Crippen LogP contribution in [0.15, 0.2) is 24.4 Å². The molecule has 0 saturated heterocycles. The van der Waals surface area contributed by atoms with Crippen molar-refractivity contribution < 1.29 is 18.1 Å². The lowest BCUT2D eigenvalue weighted by Crippen LogP contribution is -2.19. The number of aromatic nitrogens is 1. The van der Waals surface area contributed by atoms with Crippen molar-refractivity contribution >= 4 is 21.2 Å². The van der Waals surface area contributed by atoms with E-state index in [1.807, 2.05) is 0 Å². The van der Waals surface area contributed by atoms with E-state index in [0.717, 1.165) is 4.90 Å². The minimum atomic E-state index is -4.30. The third kappa shape index (κ3) is 3.46. The molecular formula is C12H17N3O3S. The molecule has 19 heavy (non-hydrogen) atoms. The van der Waals surface area contributed by atoms with Crippen LogP contribution < -0.4 is 9.32 Å². The van der Waals surface area contributed by atoms with E-state index in [4.69, 9.17) is 14.8 Å². The van der Waals surface area contributed by atoms with Crippen LogP contribution in [-0.2, 0) is 16.7 Å². The normalized spacial score (nSPS) is 16.8. The number of nitrogens with two attached hydrogens (primary N) is 1. The van der Waals surface area contributed by atoms with Gasteiger partial charge in [0, 0.05) is 29.1 Å².